The first-order valence-corrected chi connectivity index (χ1v) is 5.10. The van der Waals surface area contributed by atoms with Crippen molar-refractivity contribution in [1.29, 1.82) is 0 Å². The van der Waals surface area contributed by atoms with Crippen molar-refractivity contribution in [3.8, 4) is 0 Å². The molecule has 0 atom stereocenters. The van der Waals surface area contributed by atoms with E-state index in [4.69, 9.17) is 4.42 Å². The van der Waals surface area contributed by atoms with E-state index < -0.39 is 0 Å². The fourth-order valence-electron chi connectivity index (χ4n) is 1.69. The van der Waals surface area contributed by atoms with Gasteiger partial charge in [-0.2, -0.15) is 0 Å². The number of fused-ring (bicyclic) bond motifs is 3. The largest absolute Gasteiger partial charge is 0.463 e. The van der Waals surface area contributed by atoms with Gasteiger partial charge in [-0.05, 0) is 17.5 Å². The second kappa shape index (κ2) is 2.48. The quantitative estimate of drug-likeness (QED) is 0.564. The van der Waals surface area contributed by atoms with Crippen LogP contribution in [0.3, 0.4) is 0 Å². The van der Waals surface area contributed by atoms with Crippen molar-refractivity contribution in [3.63, 3.8) is 0 Å². The van der Waals surface area contributed by atoms with Crippen molar-refractivity contribution in [2.45, 2.75) is 0 Å². The molecule has 0 spiro atoms. The molecule has 3 nitrogen and oxygen atoms in total. The Morgan fingerprint density at radius 2 is 2.21 bits per heavy atom. The van der Waals surface area contributed by atoms with Crippen LogP contribution in [0.2, 0.25) is 0 Å². The van der Waals surface area contributed by atoms with E-state index in [1.165, 1.54) is 0 Å². The van der Waals surface area contributed by atoms with Gasteiger partial charge >= 0.3 is 0 Å². The predicted octanol–water partition coefficient (Wildman–Crippen LogP) is 2.35. The summed E-state index contributed by atoms with van der Waals surface area (Å²) in [6, 6.07) is 3.69. The summed E-state index contributed by atoms with van der Waals surface area (Å²) >= 11 is 1.55. The fourth-order valence-corrected chi connectivity index (χ4v) is 2.55. The smallest absolute Gasteiger partial charge is 0.262 e. The molecule has 0 radical (unpaired) electrons. The van der Waals surface area contributed by atoms with Gasteiger partial charge < -0.3 is 8.98 Å². The third kappa shape index (κ3) is 0.786. The second-order valence-electron chi connectivity index (χ2n) is 3.17. The third-order valence-electron chi connectivity index (χ3n) is 2.39. The average Bonchev–Trinajstić information content (AvgIpc) is 2.80. The van der Waals surface area contributed by atoms with E-state index >= 15 is 0 Å². The van der Waals surface area contributed by atoms with Gasteiger partial charge in [-0.15, -0.1) is 11.3 Å². The van der Waals surface area contributed by atoms with Crippen LogP contribution in [0.1, 0.15) is 0 Å². The summed E-state index contributed by atoms with van der Waals surface area (Å²) in [5.41, 5.74) is 0.702. The molecule has 0 aromatic carbocycles. The van der Waals surface area contributed by atoms with Gasteiger partial charge in [-0.1, -0.05) is 0 Å². The molecular formula is C10H7NO2S. The predicted molar refractivity (Wildman–Crippen MR) is 56.8 cm³/mol. The van der Waals surface area contributed by atoms with Crippen molar-refractivity contribution < 1.29 is 4.42 Å². The van der Waals surface area contributed by atoms with Crippen molar-refractivity contribution in [3.05, 3.63) is 34.1 Å². The van der Waals surface area contributed by atoms with Gasteiger partial charge in [0.05, 0.1) is 17.0 Å². The van der Waals surface area contributed by atoms with Gasteiger partial charge in [0.2, 0.25) is 0 Å². The van der Waals surface area contributed by atoms with Crippen LogP contribution in [0.5, 0.6) is 0 Å². The van der Waals surface area contributed by atoms with Gasteiger partial charge in [0.25, 0.3) is 5.56 Å². The van der Waals surface area contributed by atoms with E-state index in [0.717, 1.165) is 10.2 Å². The molecule has 0 aliphatic heterocycles. The molecule has 3 heterocycles. The minimum atomic E-state index is 0.00343. The first-order chi connectivity index (χ1) is 6.79. The van der Waals surface area contributed by atoms with Crippen molar-refractivity contribution in [2.75, 3.05) is 0 Å². The maximum absolute atomic E-state index is 11.8. The molecule has 3 aromatic heterocycles. The molecule has 0 fully saturated rings. The zero-order chi connectivity index (χ0) is 9.71. The van der Waals surface area contributed by atoms with E-state index in [1.54, 1.807) is 35.3 Å². The molecule has 0 unspecified atom stereocenters. The zero-order valence-electron chi connectivity index (χ0n) is 7.48. The lowest BCUT2D eigenvalue weighted by molar-refractivity contribution is 0.618. The summed E-state index contributed by atoms with van der Waals surface area (Å²) in [5, 5.41) is 3.63. The average molecular weight is 205 g/mol. The summed E-state index contributed by atoms with van der Waals surface area (Å²) < 4.78 is 6.98. The van der Waals surface area contributed by atoms with E-state index in [-0.39, 0.29) is 5.56 Å². The summed E-state index contributed by atoms with van der Waals surface area (Å²) in [6.45, 7) is 0. The highest BCUT2D eigenvalue weighted by Gasteiger charge is 2.11. The summed E-state index contributed by atoms with van der Waals surface area (Å²) in [6.07, 6.45) is 1.56. The maximum Gasteiger partial charge on any atom is 0.262 e. The monoisotopic (exact) mass is 205 g/mol. The zero-order valence-corrected chi connectivity index (χ0v) is 8.30. The number of furan rings is 1. The van der Waals surface area contributed by atoms with Crippen molar-refractivity contribution in [1.82, 2.24) is 4.57 Å². The molecule has 3 aromatic rings. The number of pyridine rings is 1. The molecule has 0 saturated carbocycles. The lowest BCUT2D eigenvalue weighted by atomic mass is 10.2. The lowest BCUT2D eigenvalue weighted by Gasteiger charge is -1.99. The molecule has 0 N–H and O–H groups in total. The second-order valence-corrected chi connectivity index (χ2v) is 4.06. The molecule has 70 valence electrons. The fraction of sp³-hybridized carbons (Fsp3) is 0.100. The number of thiophene rings is 1. The highest BCUT2D eigenvalue weighted by Crippen LogP contribution is 2.26. The van der Waals surface area contributed by atoms with Gasteiger partial charge in [0.1, 0.15) is 10.4 Å². The first-order valence-electron chi connectivity index (χ1n) is 4.22. The maximum atomic E-state index is 11.8. The molecule has 4 heteroatoms. The van der Waals surface area contributed by atoms with Crippen molar-refractivity contribution >= 4 is 32.5 Å². The number of rotatable bonds is 0. The van der Waals surface area contributed by atoms with Crippen LogP contribution in [0, 0.1) is 0 Å². The Bertz CT molecular complexity index is 674. The highest BCUT2D eigenvalue weighted by molar-refractivity contribution is 7.16. The third-order valence-corrected chi connectivity index (χ3v) is 3.38. The molecular weight excluding hydrogens is 198 g/mol. The summed E-state index contributed by atoms with van der Waals surface area (Å²) in [7, 11) is 1.79. The number of hydrogen-bond acceptors (Lipinski definition) is 3. The normalized spacial score (nSPS) is 11.5. The Morgan fingerprint density at radius 3 is 3.07 bits per heavy atom. The standard InChI is InChI=1S/C10H7NO2S/c1-11-9(12)6-2-4-13-8(6)7-3-5-14-10(7)11/h2-5H,1H3. The Hall–Kier alpha value is -1.55. The summed E-state index contributed by atoms with van der Waals surface area (Å²) in [4.78, 5) is 12.8. The molecule has 0 aliphatic rings. The first kappa shape index (κ1) is 7.82. The Kier molecular flexibility index (Phi) is 1.39. The number of aromatic nitrogens is 1. The topological polar surface area (TPSA) is 35.1 Å². The van der Waals surface area contributed by atoms with Crippen LogP contribution in [0.4, 0.5) is 0 Å². The van der Waals surface area contributed by atoms with Crippen LogP contribution in [-0.2, 0) is 7.05 Å². The van der Waals surface area contributed by atoms with Crippen LogP contribution >= 0.6 is 11.3 Å². The molecule has 0 bridgehead atoms. The minimum absolute atomic E-state index is 0.00343. The lowest BCUT2D eigenvalue weighted by Crippen LogP contribution is -2.15. The summed E-state index contributed by atoms with van der Waals surface area (Å²) in [5.74, 6) is 0. The van der Waals surface area contributed by atoms with E-state index in [0.29, 0.717) is 11.0 Å². The molecule has 14 heavy (non-hydrogen) atoms. The van der Waals surface area contributed by atoms with Crippen LogP contribution < -0.4 is 5.56 Å². The van der Waals surface area contributed by atoms with E-state index in [1.807, 2.05) is 11.4 Å². The molecule has 0 aliphatic carbocycles. The number of hydrogen-bond donors (Lipinski definition) is 0. The van der Waals surface area contributed by atoms with Crippen LogP contribution in [0.25, 0.3) is 21.2 Å². The Balaban J connectivity index is 2.81. The van der Waals surface area contributed by atoms with Crippen LogP contribution in [0.15, 0.2) is 33.0 Å². The molecule has 0 amide bonds. The minimum Gasteiger partial charge on any atom is -0.463 e. The van der Waals surface area contributed by atoms with Gasteiger partial charge in [0, 0.05) is 7.05 Å². The highest BCUT2D eigenvalue weighted by atomic mass is 32.1. The number of aryl methyl sites for hydroxylation is 1. The number of nitrogens with zero attached hydrogens (tertiary/aromatic N) is 1. The molecule has 0 saturated heterocycles. The van der Waals surface area contributed by atoms with E-state index in [9.17, 15) is 4.79 Å². The van der Waals surface area contributed by atoms with Gasteiger partial charge in [-0.3, -0.25) is 4.79 Å². The molecule has 3 rings (SSSR count). The SMILES string of the molecule is Cn1c(=O)c2ccoc2c2ccsc21. The van der Waals surface area contributed by atoms with Crippen molar-refractivity contribution in [2.24, 2.45) is 7.05 Å². The van der Waals surface area contributed by atoms with Gasteiger partial charge in [0.15, 0.2) is 0 Å². The Labute approximate surface area is 83.2 Å². The van der Waals surface area contributed by atoms with Gasteiger partial charge in [-0.25, -0.2) is 0 Å². The van der Waals surface area contributed by atoms with E-state index in [2.05, 4.69) is 0 Å². The Morgan fingerprint density at radius 1 is 1.36 bits per heavy atom. The van der Waals surface area contributed by atoms with Crippen LogP contribution in [-0.4, -0.2) is 4.57 Å².